The molecule has 0 bridgehead atoms. The van der Waals surface area contributed by atoms with Crippen molar-refractivity contribution in [2.45, 2.75) is 58.0 Å². The number of hydrogen-bond donors (Lipinski definition) is 2. The number of carbonyl (C=O) groups excluding carboxylic acids is 1. The molecule has 0 spiro atoms. The minimum Gasteiger partial charge on any atom is -1.00 e. The fourth-order valence-electron chi connectivity index (χ4n) is 1.50. The average Bonchev–Trinajstić information content (AvgIpc) is 3.01. The third-order valence-electron chi connectivity index (χ3n) is 2.56. The first-order valence-corrected chi connectivity index (χ1v) is 7.02. The molecule has 2 aliphatic heterocycles. The number of rotatable bonds is 3. The maximum atomic E-state index is 10.0. The zero-order valence-electron chi connectivity index (χ0n) is 14.3. The van der Waals surface area contributed by atoms with E-state index in [4.69, 9.17) is 14.9 Å². The molecular formula is C15H31BrMgO5. The Balaban J connectivity index is -0.000000105. The fourth-order valence-corrected chi connectivity index (χ4v) is 1.50. The van der Waals surface area contributed by atoms with Gasteiger partial charge in [-0.25, -0.2) is 0 Å². The predicted octanol–water partition coefficient (Wildman–Crippen LogP) is -1.28. The third-order valence-corrected chi connectivity index (χ3v) is 2.56. The third kappa shape index (κ3) is 25.5. The number of carbonyl (C=O) groups is 1. The molecule has 0 unspecified atom stereocenters. The summed E-state index contributed by atoms with van der Waals surface area (Å²) in [6, 6.07) is 0. The second kappa shape index (κ2) is 19.6. The maximum Gasteiger partial charge on any atom is 2.00 e. The number of aliphatic hydroxyl groups excluding tert-OH is 1. The molecule has 0 aromatic carbocycles. The Morgan fingerprint density at radius 3 is 1.82 bits per heavy atom. The first-order chi connectivity index (χ1) is 8.95. The van der Waals surface area contributed by atoms with Crippen molar-refractivity contribution in [2.75, 3.05) is 26.4 Å². The summed E-state index contributed by atoms with van der Waals surface area (Å²) in [4.78, 5) is 10.0. The van der Waals surface area contributed by atoms with Gasteiger partial charge in [0.15, 0.2) is 0 Å². The molecule has 0 radical (unpaired) electrons. The van der Waals surface area contributed by atoms with Gasteiger partial charge in [-0.2, -0.15) is 0 Å². The van der Waals surface area contributed by atoms with Gasteiger partial charge in [0.05, 0.1) is 12.2 Å². The number of aliphatic hydroxyl groups is 2. The molecule has 2 aliphatic rings. The quantitative estimate of drug-likeness (QED) is 0.354. The fraction of sp³-hybridized carbons (Fsp3) is 0.867. The second-order valence-electron chi connectivity index (χ2n) is 5.28. The number of cyclic esters (lactones) is 1. The van der Waals surface area contributed by atoms with Gasteiger partial charge >= 0.3 is 29.0 Å². The Bertz CT molecular complexity index is 215. The summed E-state index contributed by atoms with van der Waals surface area (Å²) in [5.74, 6) is -0.0463. The molecule has 2 N–H and O–H groups in total. The predicted molar refractivity (Wildman–Crippen MR) is 85.0 cm³/mol. The van der Waals surface area contributed by atoms with Gasteiger partial charge in [0.2, 0.25) is 0 Å². The van der Waals surface area contributed by atoms with E-state index in [9.17, 15) is 4.79 Å². The molecular weight excluding hydrogens is 364 g/mol. The van der Waals surface area contributed by atoms with Crippen LogP contribution in [-0.4, -0.2) is 71.3 Å². The second-order valence-corrected chi connectivity index (χ2v) is 5.28. The van der Waals surface area contributed by atoms with Gasteiger partial charge in [0.1, 0.15) is 0 Å². The topological polar surface area (TPSA) is 76.0 Å². The van der Waals surface area contributed by atoms with Crippen LogP contribution in [-0.2, 0) is 14.3 Å². The SMILES string of the molecule is C1CCOC1.CC(C)(O)CCCO.O=C1CCCO1.[Br-].[CH3-].[Mg+2]. The molecule has 7 heteroatoms. The van der Waals surface area contributed by atoms with Crippen molar-refractivity contribution in [1.29, 1.82) is 0 Å². The largest absolute Gasteiger partial charge is 2.00 e. The van der Waals surface area contributed by atoms with E-state index < -0.39 is 5.60 Å². The molecule has 5 nitrogen and oxygen atoms in total. The molecule has 2 fully saturated rings. The van der Waals surface area contributed by atoms with Crippen molar-refractivity contribution in [3.8, 4) is 0 Å². The molecule has 130 valence electrons. The van der Waals surface area contributed by atoms with Crippen LogP contribution in [0.1, 0.15) is 52.4 Å². The van der Waals surface area contributed by atoms with Crippen molar-refractivity contribution < 1.29 is 41.5 Å². The van der Waals surface area contributed by atoms with Gasteiger partial charge in [-0.05, 0) is 46.0 Å². The van der Waals surface area contributed by atoms with Gasteiger partial charge in [-0.15, -0.1) is 0 Å². The zero-order valence-corrected chi connectivity index (χ0v) is 17.3. The van der Waals surface area contributed by atoms with Crippen LogP contribution in [0.15, 0.2) is 0 Å². The average molecular weight is 396 g/mol. The van der Waals surface area contributed by atoms with E-state index in [-0.39, 0.29) is 60.0 Å². The Morgan fingerprint density at radius 1 is 1.14 bits per heavy atom. The molecule has 2 saturated heterocycles. The monoisotopic (exact) mass is 394 g/mol. The molecule has 2 rings (SSSR count). The van der Waals surface area contributed by atoms with E-state index in [0.717, 1.165) is 19.6 Å². The van der Waals surface area contributed by atoms with E-state index >= 15 is 0 Å². The van der Waals surface area contributed by atoms with Gasteiger partial charge in [-0.3, -0.25) is 4.79 Å². The first kappa shape index (κ1) is 30.5. The van der Waals surface area contributed by atoms with Crippen LogP contribution in [0.3, 0.4) is 0 Å². The van der Waals surface area contributed by atoms with Crippen molar-refractivity contribution >= 4 is 29.0 Å². The van der Waals surface area contributed by atoms with Crippen molar-refractivity contribution in [3.05, 3.63) is 7.43 Å². The van der Waals surface area contributed by atoms with Crippen molar-refractivity contribution in [2.24, 2.45) is 0 Å². The zero-order chi connectivity index (χ0) is 14.6. The molecule has 0 aromatic rings. The van der Waals surface area contributed by atoms with Gasteiger partial charge in [0.25, 0.3) is 0 Å². The number of esters is 1. The number of ether oxygens (including phenoxy) is 2. The first-order valence-electron chi connectivity index (χ1n) is 7.02. The standard InChI is InChI=1S/C6H14O2.C4H6O2.C4H8O.CH3.BrH.Mg/c1-6(2,8)4-3-5-7;5-4-2-1-3-6-4;1-2-4-5-3-1;;;/h7-8H,3-5H2,1-2H3;1-3H2;1-4H2;1H3;1H;/q;;;-1;;+2/p-1. The van der Waals surface area contributed by atoms with E-state index in [1.54, 1.807) is 13.8 Å². The Hall–Kier alpha value is 0.596. The van der Waals surface area contributed by atoms with Gasteiger partial charge in [0, 0.05) is 26.2 Å². The van der Waals surface area contributed by atoms with Crippen molar-refractivity contribution in [3.63, 3.8) is 0 Å². The van der Waals surface area contributed by atoms with Crippen LogP contribution < -0.4 is 17.0 Å². The summed E-state index contributed by atoms with van der Waals surface area (Å²) in [6.07, 6.45) is 5.45. The number of halogens is 1. The maximum absolute atomic E-state index is 10.0. The van der Waals surface area contributed by atoms with Crippen LogP contribution in [0.2, 0.25) is 0 Å². The van der Waals surface area contributed by atoms with Gasteiger partial charge in [-0.1, -0.05) is 0 Å². The van der Waals surface area contributed by atoms with E-state index in [2.05, 4.69) is 4.74 Å². The molecule has 0 saturated carbocycles. The Labute approximate surface area is 162 Å². The molecule has 0 aromatic heterocycles. The smallest absolute Gasteiger partial charge is 1.00 e. The van der Waals surface area contributed by atoms with Crippen LogP contribution in [0.25, 0.3) is 0 Å². The van der Waals surface area contributed by atoms with Crippen LogP contribution in [0.5, 0.6) is 0 Å². The Morgan fingerprint density at radius 2 is 1.68 bits per heavy atom. The van der Waals surface area contributed by atoms with E-state index in [1.807, 2.05) is 0 Å². The summed E-state index contributed by atoms with van der Waals surface area (Å²) in [7, 11) is 0. The van der Waals surface area contributed by atoms with Crippen LogP contribution in [0.4, 0.5) is 0 Å². The minimum absolute atomic E-state index is 0. The summed E-state index contributed by atoms with van der Waals surface area (Å²) < 4.78 is 9.46. The molecule has 0 aliphatic carbocycles. The molecule has 2 heterocycles. The van der Waals surface area contributed by atoms with Crippen LogP contribution >= 0.6 is 0 Å². The summed E-state index contributed by atoms with van der Waals surface area (Å²) in [5.41, 5.74) is -0.608. The van der Waals surface area contributed by atoms with E-state index in [0.29, 0.717) is 25.9 Å². The van der Waals surface area contributed by atoms with Gasteiger partial charge < -0.3 is 44.1 Å². The summed E-state index contributed by atoms with van der Waals surface area (Å²) >= 11 is 0. The minimum atomic E-state index is -0.608. The molecule has 22 heavy (non-hydrogen) atoms. The molecule has 0 amide bonds. The Kier molecular flexibility index (Phi) is 27.2. The van der Waals surface area contributed by atoms with Crippen LogP contribution in [0, 0.1) is 7.43 Å². The van der Waals surface area contributed by atoms with E-state index in [1.165, 1.54) is 12.8 Å². The van der Waals surface area contributed by atoms with Crippen molar-refractivity contribution in [1.82, 2.24) is 0 Å². The summed E-state index contributed by atoms with van der Waals surface area (Å²) in [6.45, 7) is 6.29. The normalized spacial score (nSPS) is 15.5. The summed E-state index contributed by atoms with van der Waals surface area (Å²) in [5, 5.41) is 17.4. The number of hydrogen-bond acceptors (Lipinski definition) is 5. The molecule has 0 atom stereocenters.